The molecule has 0 fully saturated rings. The van der Waals surface area contributed by atoms with Crippen LogP contribution in [0.25, 0.3) is 17.1 Å². The van der Waals surface area contributed by atoms with E-state index in [9.17, 15) is 31.9 Å². The maximum Gasteiger partial charge on any atom is 0.416 e. The smallest absolute Gasteiger partial charge is 0.382 e. The number of halogens is 7. The predicted molar refractivity (Wildman–Crippen MR) is 124 cm³/mol. The van der Waals surface area contributed by atoms with Gasteiger partial charge in [-0.1, -0.05) is 35.3 Å². The first kappa shape index (κ1) is 26.8. The number of alkyl halides is 5. The molecule has 0 bridgehead atoms. The van der Waals surface area contributed by atoms with Crippen molar-refractivity contribution in [1.82, 2.24) is 29.1 Å². The summed E-state index contributed by atoms with van der Waals surface area (Å²) in [4.78, 5) is 16.9. The summed E-state index contributed by atoms with van der Waals surface area (Å²) < 4.78 is 70.0. The number of hydrogen-bond acceptors (Lipinski definition) is 5. The van der Waals surface area contributed by atoms with Crippen LogP contribution >= 0.6 is 23.2 Å². The molecule has 2 heterocycles. The van der Waals surface area contributed by atoms with E-state index in [1.165, 1.54) is 36.4 Å². The van der Waals surface area contributed by atoms with Crippen LogP contribution in [0.15, 0.2) is 53.3 Å². The van der Waals surface area contributed by atoms with Crippen LogP contribution in [-0.4, -0.2) is 46.5 Å². The van der Waals surface area contributed by atoms with E-state index in [2.05, 4.69) is 15.2 Å². The molecule has 0 aliphatic heterocycles. The van der Waals surface area contributed by atoms with Gasteiger partial charge in [-0.05, 0) is 36.4 Å². The zero-order chi connectivity index (χ0) is 27.1. The van der Waals surface area contributed by atoms with Crippen molar-refractivity contribution < 1.29 is 27.1 Å². The molecular formula is C22H17Cl2F5N6O2. The Balaban J connectivity index is 1.80. The number of aromatic nitrogens is 6. The van der Waals surface area contributed by atoms with Crippen LogP contribution in [0.1, 0.15) is 18.6 Å². The SMILES string of the molecule is CC(F)(F)c1nc(Cn2nc(-c3ccc(Cl)cc3)n(C[C@H](O)C(F)(F)F)c2=O)nn1-c1ccccc1Cl. The van der Waals surface area contributed by atoms with Crippen molar-refractivity contribution in [2.45, 2.75) is 38.2 Å². The Labute approximate surface area is 215 Å². The molecule has 0 aliphatic carbocycles. The van der Waals surface area contributed by atoms with Crippen molar-refractivity contribution in [3.8, 4) is 17.1 Å². The predicted octanol–water partition coefficient (Wildman–Crippen LogP) is 4.68. The van der Waals surface area contributed by atoms with Gasteiger partial charge in [0.2, 0.25) is 5.82 Å². The normalized spacial score (nSPS) is 13.2. The summed E-state index contributed by atoms with van der Waals surface area (Å²) >= 11 is 12.0. The molecule has 1 atom stereocenters. The number of para-hydroxylation sites is 1. The fourth-order valence-electron chi connectivity index (χ4n) is 3.43. The highest BCUT2D eigenvalue weighted by atomic mass is 35.5. The molecule has 0 saturated heterocycles. The number of rotatable bonds is 7. The van der Waals surface area contributed by atoms with E-state index in [1.807, 2.05) is 0 Å². The zero-order valence-electron chi connectivity index (χ0n) is 18.8. The van der Waals surface area contributed by atoms with Gasteiger partial charge in [0.05, 0.1) is 17.3 Å². The van der Waals surface area contributed by atoms with Gasteiger partial charge >= 0.3 is 17.8 Å². The van der Waals surface area contributed by atoms with Gasteiger partial charge < -0.3 is 5.11 Å². The summed E-state index contributed by atoms with van der Waals surface area (Å²) in [5.74, 6) is -4.72. The van der Waals surface area contributed by atoms with Crippen LogP contribution in [0.4, 0.5) is 22.0 Å². The van der Waals surface area contributed by atoms with Crippen molar-refractivity contribution in [3.05, 3.63) is 80.7 Å². The van der Waals surface area contributed by atoms with Gasteiger partial charge in [-0.2, -0.15) is 22.0 Å². The number of nitrogens with zero attached hydrogens (tertiary/aromatic N) is 6. The minimum absolute atomic E-state index is 0.104. The first-order valence-corrected chi connectivity index (χ1v) is 11.3. The summed E-state index contributed by atoms with van der Waals surface area (Å²) in [6, 6.07) is 11.8. The van der Waals surface area contributed by atoms with Gasteiger partial charge in [0.25, 0.3) is 0 Å². The standard InChI is InChI=1S/C22H17Cl2F5N6O2/c1-21(25,26)19-30-17(31-35(19)15-5-3-2-4-14(15)24)11-34-20(37)33(10-16(36)22(27,28)29)18(32-34)12-6-8-13(23)9-7-12/h2-9,16,36H,10-11H2,1H3/t16-/m0/s1. The van der Waals surface area contributed by atoms with Gasteiger partial charge in [0, 0.05) is 17.5 Å². The number of hydrogen-bond donors (Lipinski definition) is 1. The molecule has 0 aliphatic rings. The molecule has 4 aromatic rings. The molecule has 8 nitrogen and oxygen atoms in total. The number of aliphatic hydroxyl groups is 1. The molecule has 2 aromatic heterocycles. The van der Waals surface area contributed by atoms with Crippen molar-refractivity contribution in [1.29, 1.82) is 0 Å². The Bertz CT molecular complexity index is 1470. The fourth-order valence-corrected chi connectivity index (χ4v) is 3.77. The van der Waals surface area contributed by atoms with Crippen molar-refractivity contribution in [2.75, 3.05) is 0 Å². The molecule has 1 N–H and O–H groups in total. The molecule has 0 amide bonds. The lowest BCUT2D eigenvalue weighted by molar-refractivity contribution is -0.207. The molecule has 0 radical (unpaired) electrons. The Morgan fingerprint density at radius 1 is 1.00 bits per heavy atom. The Hall–Kier alpha value is -3.29. The van der Waals surface area contributed by atoms with Gasteiger partial charge in [-0.25, -0.2) is 19.1 Å². The van der Waals surface area contributed by atoms with Gasteiger partial charge in [0.15, 0.2) is 17.8 Å². The first-order chi connectivity index (χ1) is 17.3. The van der Waals surface area contributed by atoms with Crippen molar-refractivity contribution in [2.24, 2.45) is 0 Å². The van der Waals surface area contributed by atoms with Crippen molar-refractivity contribution >= 4 is 23.2 Å². The minimum atomic E-state index is -5.00. The zero-order valence-corrected chi connectivity index (χ0v) is 20.3. The van der Waals surface area contributed by atoms with E-state index in [-0.39, 0.29) is 27.9 Å². The largest absolute Gasteiger partial charge is 0.416 e. The Morgan fingerprint density at radius 3 is 2.24 bits per heavy atom. The highest BCUT2D eigenvalue weighted by Crippen LogP contribution is 2.30. The average molecular weight is 563 g/mol. The second-order valence-corrected chi connectivity index (χ2v) is 8.89. The van der Waals surface area contributed by atoms with Crippen LogP contribution in [0.5, 0.6) is 0 Å². The number of aliphatic hydroxyl groups excluding tert-OH is 1. The lowest BCUT2D eigenvalue weighted by Crippen LogP contribution is -2.37. The quantitative estimate of drug-likeness (QED) is 0.330. The van der Waals surface area contributed by atoms with E-state index < -0.39 is 42.8 Å². The third kappa shape index (κ3) is 5.68. The fraction of sp³-hybridized carbons (Fsp3) is 0.273. The van der Waals surface area contributed by atoms with E-state index in [4.69, 9.17) is 23.2 Å². The van der Waals surface area contributed by atoms with Crippen LogP contribution in [0, 0.1) is 0 Å². The highest BCUT2D eigenvalue weighted by molar-refractivity contribution is 6.32. The van der Waals surface area contributed by atoms with Crippen LogP contribution in [-0.2, 0) is 19.0 Å². The molecule has 37 heavy (non-hydrogen) atoms. The lowest BCUT2D eigenvalue weighted by atomic mass is 10.2. The molecule has 0 saturated carbocycles. The third-order valence-electron chi connectivity index (χ3n) is 5.17. The monoisotopic (exact) mass is 562 g/mol. The molecule has 0 spiro atoms. The van der Waals surface area contributed by atoms with Gasteiger partial charge in [-0.3, -0.25) is 4.57 Å². The molecule has 2 aromatic carbocycles. The van der Waals surface area contributed by atoms with Crippen LogP contribution in [0.2, 0.25) is 10.0 Å². The maximum absolute atomic E-state index is 14.3. The van der Waals surface area contributed by atoms with Gasteiger partial charge in [0.1, 0.15) is 6.54 Å². The van der Waals surface area contributed by atoms with Crippen molar-refractivity contribution in [3.63, 3.8) is 0 Å². The molecule has 0 unspecified atom stereocenters. The second-order valence-electron chi connectivity index (χ2n) is 8.04. The first-order valence-electron chi connectivity index (χ1n) is 10.5. The summed E-state index contributed by atoms with van der Waals surface area (Å²) in [7, 11) is 0. The summed E-state index contributed by atoms with van der Waals surface area (Å²) in [6.07, 6.45) is -7.87. The third-order valence-corrected chi connectivity index (χ3v) is 5.75. The van der Waals surface area contributed by atoms with E-state index >= 15 is 0 Å². The van der Waals surface area contributed by atoms with Gasteiger partial charge in [-0.15, -0.1) is 10.2 Å². The van der Waals surface area contributed by atoms with Crippen LogP contribution in [0.3, 0.4) is 0 Å². The molecule has 15 heteroatoms. The van der Waals surface area contributed by atoms with E-state index in [0.29, 0.717) is 16.5 Å². The topological polar surface area (TPSA) is 90.8 Å². The Morgan fingerprint density at radius 2 is 1.65 bits per heavy atom. The molecule has 4 rings (SSSR count). The second kappa shape index (κ2) is 9.88. The minimum Gasteiger partial charge on any atom is -0.382 e. The average Bonchev–Trinajstić information content (AvgIpc) is 3.36. The van der Waals surface area contributed by atoms with E-state index in [1.54, 1.807) is 12.1 Å². The molecular weight excluding hydrogens is 546 g/mol. The highest BCUT2D eigenvalue weighted by Gasteiger charge is 2.39. The number of benzene rings is 2. The summed E-state index contributed by atoms with van der Waals surface area (Å²) in [6.45, 7) is -1.11. The van der Waals surface area contributed by atoms with Crippen LogP contribution < -0.4 is 5.69 Å². The molecule has 196 valence electrons. The lowest BCUT2D eigenvalue weighted by Gasteiger charge is -2.15. The Kier molecular flexibility index (Phi) is 7.14. The summed E-state index contributed by atoms with van der Waals surface area (Å²) in [5, 5.41) is 18.2. The maximum atomic E-state index is 14.3. The summed E-state index contributed by atoms with van der Waals surface area (Å²) in [5.41, 5.74) is -0.718. The van der Waals surface area contributed by atoms with E-state index in [0.717, 1.165) is 9.36 Å².